The van der Waals surface area contributed by atoms with Crippen molar-refractivity contribution in [2.75, 3.05) is 32.4 Å². The smallest absolute Gasteiger partial charge is 0.234 e. The molecule has 0 spiro atoms. The average Bonchev–Trinajstić information content (AvgIpc) is 3.21. The van der Waals surface area contributed by atoms with Gasteiger partial charge in [-0.3, -0.25) is 9.36 Å². The number of thioether (sulfide) groups is 1. The number of carbonyl (C=O) groups excluding carboxylic acids is 1. The summed E-state index contributed by atoms with van der Waals surface area (Å²) in [5.74, 6) is 1.86. The number of halogens is 2. The molecule has 0 saturated carbocycles. The number of carbonyl (C=O) groups is 1. The maximum atomic E-state index is 12.5. The summed E-state index contributed by atoms with van der Waals surface area (Å²) in [4.78, 5) is 12.5. The summed E-state index contributed by atoms with van der Waals surface area (Å²) >= 11 is 13.3. The lowest BCUT2D eigenvalue weighted by atomic mass is 10.1. The summed E-state index contributed by atoms with van der Waals surface area (Å²) in [6.07, 6.45) is 1.72. The molecule has 1 heterocycles. The van der Waals surface area contributed by atoms with E-state index in [-0.39, 0.29) is 11.7 Å². The zero-order chi connectivity index (χ0) is 24.0. The highest BCUT2D eigenvalue weighted by molar-refractivity contribution is 7.99. The maximum Gasteiger partial charge on any atom is 0.234 e. The van der Waals surface area contributed by atoms with Crippen LogP contribution in [0.3, 0.4) is 0 Å². The molecular formula is C22H22Cl2N4O4S. The fraction of sp³-hybridized carbons (Fsp3) is 0.227. The number of amides is 1. The molecule has 1 N–H and O–H groups in total. The number of hydrogen-bond donors (Lipinski definition) is 1. The molecule has 2 aromatic carbocycles. The van der Waals surface area contributed by atoms with Gasteiger partial charge in [0.25, 0.3) is 0 Å². The molecule has 0 bridgehead atoms. The Balaban J connectivity index is 1.85. The van der Waals surface area contributed by atoms with Crippen molar-refractivity contribution in [1.29, 1.82) is 0 Å². The predicted octanol–water partition coefficient (Wildman–Crippen LogP) is 5.19. The standard InChI is InChI=1S/C22H22Cl2N4O4S/c1-5-8-28-21(13-9-17(30-2)20(32-4)18(10-13)31-3)26-27-22(28)33-12-19(29)25-16-11-14(23)6-7-15(16)24/h5-7,9-11H,1,8,12H2,2-4H3,(H,25,29). The minimum absolute atomic E-state index is 0.0906. The van der Waals surface area contributed by atoms with E-state index in [2.05, 4.69) is 22.1 Å². The van der Waals surface area contributed by atoms with Crippen LogP contribution in [-0.4, -0.2) is 47.8 Å². The molecule has 0 aliphatic heterocycles. The van der Waals surface area contributed by atoms with Gasteiger partial charge in [-0.05, 0) is 30.3 Å². The van der Waals surface area contributed by atoms with Gasteiger partial charge < -0.3 is 19.5 Å². The highest BCUT2D eigenvalue weighted by atomic mass is 35.5. The van der Waals surface area contributed by atoms with Crippen molar-refractivity contribution in [3.63, 3.8) is 0 Å². The zero-order valence-corrected chi connectivity index (χ0v) is 20.6. The second-order valence-corrected chi connectivity index (χ2v) is 8.37. The van der Waals surface area contributed by atoms with E-state index in [1.54, 1.807) is 50.6 Å². The molecule has 0 radical (unpaired) electrons. The molecule has 0 fully saturated rings. The van der Waals surface area contributed by atoms with Crippen molar-refractivity contribution in [1.82, 2.24) is 14.8 Å². The molecular weight excluding hydrogens is 487 g/mol. The van der Waals surface area contributed by atoms with E-state index in [1.165, 1.54) is 18.9 Å². The number of hydrogen-bond acceptors (Lipinski definition) is 7. The van der Waals surface area contributed by atoms with Crippen molar-refractivity contribution in [3.8, 4) is 28.6 Å². The predicted molar refractivity (Wildman–Crippen MR) is 131 cm³/mol. The second kappa shape index (κ2) is 11.3. The first-order chi connectivity index (χ1) is 15.9. The zero-order valence-electron chi connectivity index (χ0n) is 18.2. The van der Waals surface area contributed by atoms with Crippen LogP contribution in [0.5, 0.6) is 17.2 Å². The normalized spacial score (nSPS) is 10.6. The number of nitrogens with one attached hydrogen (secondary N) is 1. The van der Waals surface area contributed by atoms with Gasteiger partial charge >= 0.3 is 0 Å². The largest absolute Gasteiger partial charge is 0.493 e. The van der Waals surface area contributed by atoms with Crippen molar-refractivity contribution in [2.45, 2.75) is 11.7 Å². The molecule has 0 saturated heterocycles. The van der Waals surface area contributed by atoms with Gasteiger partial charge in [0.05, 0.1) is 37.8 Å². The van der Waals surface area contributed by atoms with Crippen LogP contribution in [0.4, 0.5) is 5.69 Å². The summed E-state index contributed by atoms with van der Waals surface area (Å²) < 4.78 is 18.1. The van der Waals surface area contributed by atoms with Crippen molar-refractivity contribution >= 4 is 46.6 Å². The molecule has 174 valence electrons. The Labute approximate surface area is 205 Å². The van der Waals surface area contributed by atoms with E-state index < -0.39 is 0 Å². The van der Waals surface area contributed by atoms with Crippen molar-refractivity contribution in [3.05, 3.63) is 53.0 Å². The Morgan fingerprint density at radius 2 is 1.82 bits per heavy atom. The molecule has 0 unspecified atom stereocenters. The van der Waals surface area contributed by atoms with Gasteiger partial charge in [0.2, 0.25) is 11.7 Å². The summed E-state index contributed by atoms with van der Waals surface area (Å²) in [6, 6.07) is 8.43. The Bertz CT molecular complexity index is 1140. The van der Waals surface area contributed by atoms with Gasteiger partial charge in [-0.2, -0.15) is 0 Å². The van der Waals surface area contributed by atoms with Crippen LogP contribution in [-0.2, 0) is 11.3 Å². The van der Waals surface area contributed by atoms with Crippen LogP contribution in [0.2, 0.25) is 10.0 Å². The van der Waals surface area contributed by atoms with E-state index in [4.69, 9.17) is 37.4 Å². The Hall–Kier alpha value is -2.88. The summed E-state index contributed by atoms with van der Waals surface area (Å²) in [6.45, 7) is 4.25. The number of anilines is 1. The average molecular weight is 509 g/mol. The molecule has 33 heavy (non-hydrogen) atoms. The lowest BCUT2D eigenvalue weighted by Crippen LogP contribution is -2.15. The van der Waals surface area contributed by atoms with E-state index in [0.29, 0.717) is 56.1 Å². The monoisotopic (exact) mass is 508 g/mol. The minimum Gasteiger partial charge on any atom is -0.493 e. The maximum absolute atomic E-state index is 12.5. The number of methoxy groups -OCH3 is 3. The number of nitrogens with zero attached hydrogens (tertiary/aromatic N) is 3. The molecule has 11 heteroatoms. The molecule has 3 aromatic rings. The topological polar surface area (TPSA) is 87.5 Å². The molecule has 1 aromatic heterocycles. The fourth-order valence-corrected chi connectivity index (χ4v) is 4.11. The highest BCUT2D eigenvalue weighted by Crippen LogP contribution is 2.41. The molecule has 8 nitrogen and oxygen atoms in total. The Kier molecular flexibility index (Phi) is 8.49. The SMILES string of the molecule is C=CCn1c(SCC(=O)Nc2cc(Cl)ccc2Cl)nnc1-c1cc(OC)c(OC)c(OC)c1. The van der Waals surface area contributed by atoms with Crippen LogP contribution in [0.15, 0.2) is 48.1 Å². The van der Waals surface area contributed by atoms with Gasteiger partial charge in [-0.1, -0.05) is 41.0 Å². The van der Waals surface area contributed by atoms with Crippen LogP contribution in [0.25, 0.3) is 11.4 Å². The fourth-order valence-electron chi connectivity index (χ4n) is 3.02. The first-order valence-electron chi connectivity index (χ1n) is 9.64. The minimum atomic E-state index is -0.258. The van der Waals surface area contributed by atoms with Gasteiger partial charge in [-0.25, -0.2) is 0 Å². The highest BCUT2D eigenvalue weighted by Gasteiger charge is 2.20. The van der Waals surface area contributed by atoms with Crippen LogP contribution in [0.1, 0.15) is 0 Å². The van der Waals surface area contributed by atoms with Crippen LogP contribution < -0.4 is 19.5 Å². The van der Waals surface area contributed by atoms with E-state index >= 15 is 0 Å². The van der Waals surface area contributed by atoms with E-state index in [9.17, 15) is 4.79 Å². The Morgan fingerprint density at radius 3 is 2.42 bits per heavy atom. The first-order valence-corrected chi connectivity index (χ1v) is 11.4. The number of rotatable bonds is 10. The number of allylic oxidation sites excluding steroid dienone is 1. The third kappa shape index (κ3) is 5.73. The van der Waals surface area contributed by atoms with Gasteiger partial charge in [0, 0.05) is 17.1 Å². The molecule has 3 rings (SSSR count). The van der Waals surface area contributed by atoms with Gasteiger partial charge in [0.1, 0.15) is 0 Å². The number of ether oxygens (including phenoxy) is 3. The second-order valence-electron chi connectivity index (χ2n) is 6.58. The number of aromatic nitrogens is 3. The van der Waals surface area contributed by atoms with Crippen molar-refractivity contribution < 1.29 is 19.0 Å². The Morgan fingerprint density at radius 1 is 1.12 bits per heavy atom. The molecule has 0 aliphatic rings. The first kappa shape index (κ1) is 24.8. The van der Waals surface area contributed by atoms with Gasteiger partial charge in [0.15, 0.2) is 22.5 Å². The van der Waals surface area contributed by atoms with E-state index in [0.717, 1.165) is 0 Å². The summed E-state index contributed by atoms with van der Waals surface area (Å²) in [7, 11) is 4.62. The van der Waals surface area contributed by atoms with E-state index in [1.807, 2.05) is 4.57 Å². The quantitative estimate of drug-likeness (QED) is 0.297. The lowest BCUT2D eigenvalue weighted by molar-refractivity contribution is -0.113. The van der Waals surface area contributed by atoms with Crippen LogP contribution >= 0.6 is 35.0 Å². The molecule has 0 atom stereocenters. The van der Waals surface area contributed by atoms with Gasteiger partial charge in [-0.15, -0.1) is 16.8 Å². The van der Waals surface area contributed by atoms with Crippen LogP contribution in [0, 0.1) is 0 Å². The summed E-state index contributed by atoms with van der Waals surface area (Å²) in [5, 5.41) is 12.8. The van der Waals surface area contributed by atoms with Crippen molar-refractivity contribution in [2.24, 2.45) is 0 Å². The third-order valence-electron chi connectivity index (χ3n) is 4.49. The summed E-state index contributed by atoms with van der Waals surface area (Å²) in [5.41, 5.74) is 1.15. The third-order valence-corrected chi connectivity index (χ3v) is 6.02. The molecule has 1 amide bonds. The molecule has 0 aliphatic carbocycles. The number of benzene rings is 2. The lowest BCUT2D eigenvalue weighted by Gasteiger charge is -2.14.